The number of amides is 4. The second kappa shape index (κ2) is 9.27. The Bertz CT molecular complexity index is 1170. The van der Waals surface area contributed by atoms with Gasteiger partial charge in [0, 0.05) is 20.5 Å². The number of primary amides is 1. The molecule has 4 amide bonds. The largest absolute Gasteiger partial charge is 0.365 e. The van der Waals surface area contributed by atoms with E-state index in [4.69, 9.17) is 28.9 Å². The number of carbonyl (C=O) groups is 4. The van der Waals surface area contributed by atoms with E-state index >= 15 is 0 Å². The summed E-state index contributed by atoms with van der Waals surface area (Å²) in [4.78, 5) is 51.7. The van der Waals surface area contributed by atoms with Crippen LogP contribution < -0.4 is 11.1 Å². The zero-order valence-corrected chi connectivity index (χ0v) is 19.7. The standard InChI is InChI=1S/C21H17Cl2N3O4S2/c22-12-5-3-6-13(23)11(12)8-15-20(29)26(21(30)32-15)9-16(27)25-19-17(18(24)28)10-4-1-2-7-14(10)31-19/h3,5-6,8H,1-2,4,7,9H2,(H2,24,28)(H,25,27)/b15-8-. The molecule has 0 radical (unpaired) electrons. The van der Waals surface area contributed by atoms with Gasteiger partial charge in [0.25, 0.3) is 17.1 Å². The number of nitrogens with zero attached hydrogens (tertiary/aromatic N) is 1. The molecule has 3 N–H and O–H groups in total. The molecule has 11 heteroatoms. The number of rotatable bonds is 5. The minimum Gasteiger partial charge on any atom is -0.365 e. The Hall–Kier alpha value is -2.33. The summed E-state index contributed by atoms with van der Waals surface area (Å²) >= 11 is 14.3. The van der Waals surface area contributed by atoms with Crippen LogP contribution in [0, 0.1) is 0 Å². The normalized spacial score (nSPS) is 17.1. The van der Waals surface area contributed by atoms with Crippen LogP contribution in [-0.2, 0) is 22.4 Å². The van der Waals surface area contributed by atoms with Crippen molar-refractivity contribution in [3.05, 3.63) is 54.7 Å². The lowest BCUT2D eigenvalue weighted by Crippen LogP contribution is -2.36. The minimum absolute atomic E-state index is 0.113. The van der Waals surface area contributed by atoms with E-state index in [0.717, 1.165) is 41.0 Å². The molecule has 1 aliphatic heterocycles. The second-order valence-corrected chi connectivity index (χ2v) is 10.1. The molecule has 0 unspecified atom stereocenters. The number of aryl methyl sites for hydroxylation is 1. The number of nitrogens with two attached hydrogens (primary N) is 1. The summed E-state index contributed by atoms with van der Waals surface area (Å²) in [5, 5.41) is 3.11. The van der Waals surface area contributed by atoms with E-state index in [-0.39, 0.29) is 4.91 Å². The maximum absolute atomic E-state index is 12.7. The molecule has 166 valence electrons. The van der Waals surface area contributed by atoms with Crippen molar-refractivity contribution >= 4 is 80.3 Å². The van der Waals surface area contributed by atoms with Gasteiger partial charge in [-0.05, 0) is 61.2 Å². The molecule has 1 aliphatic carbocycles. The van der Waals surface area contributed by atoms with Gasteiger partial charge in [-0.2, -0.15) is 0 Å². The first kappa shape index (κ1) is 22.8. The topological polar surface area (TPSA) is 110 Å². The first-order valence-corrected chi connectivity index (χ1v) is 12.1. The zero-order valence-electron chi connectivity index (χ0n) is 16.6. The van der Waals surface area contributed by atoms with E-state index in [1.165, 1.54) is 17.4 Å². The third kappa shape index (κ3) is 4.43. The monoisotopic (exact) mass is 509 g/mol. The molecule has 0 spiro atoms. The van der Waals surface area contributed by atoms with Gasteiger partial charge in [-0.25, -0.2) is 0 Å². The van der Waals surface area contributed by atoms with Gasteiger partial charge in [0.2, 0.25) is 5.91 Å². The smallest absolute Gasteiger partial charge is 0.294 e. The first-order valence-electron chi connectivity index (χ1n) is 9.70. The van der Waals surface area contributed by atoms with Crippen LogP contribution in [0.4, 0.5) is 9.80 Å². The van der Waals surface area contributed by atoms with Crippen LogP contribution in [0.2, 0.25) is 10.0 Å². The van der Waals surface area contributed by atoms with Gasteiger partial charge in [-0.3, -0.25) is 24.1 Å². The molecule has 2 aromatic rings. The quantitative estimate of drug-likeness (QED) is 0.567. The summed E-state index contributed by atoms with van der Waals surface area (Å²) in [5.74, 6) is -1.82. The Morgan fingerprint density at radius 1 is 1.16 bits per heavy atom. The van der Waals surface area contributed by atoms with Gasteiger partial charge in [-0.1, -0.05) is 29.3 Å². The van der Waals surface area contributed by atoms with Gasteiger partial charge in [0.1, 0.15) is 11.5 Å². The van der Waals surface area contributed by atoms with Crippen molar-refractivity contribution in [2.75, 3.05) is 11.9 Å². The van der Waals surface area contributed by atoms with Crippen LogP contribution >= 0.6 is 46.3 Å². The maximum atomic E-state index is 12.7. The molecule has 0 atom stereocenters. The summed E-state index contributed by atoms with van der Waals surface area (Å²) < 4.78 is 0. The summed E-state index contributed by atoms with van der Waals surface area (Å²) in [6.07, 6.45) is 4.97. The molecule has 32 heavy (non-hydrogen) atoms. The van der Waals surface area contributed by atoms with Crippen LogP contribution in [0.3, 0.4) is 0 Å². The van der Waals surface area contributed by atoms with E-state index in [9.17, 15) is 19.2 Å². The summed E-state index contributed by atoms with van der Waals surface area (Å²) in [6, 6.07) is 4.91. The Morgan fingerprint density at radius 3 is 2.53 bits per heavy atom. The molecule has 7 nitrogen and oxygen atoms in total. The molecule has 0 bridgehead atoms. The maximum Gasteiger partial charge on any atom is 0.294 e. The summed E-state index contributed by atoms with van der Waals surface area (Å²) in [6.45, 7) is -0.487. The predicted molar refractivity (Wildman–Crippen MR) is 127 cm³/mol. The lowest BCUT2D eigenvalue weighted by Gasteiger charge is -2.13. The minimum atomic E-state index is -0.619. The lowest BCUT2D eigenvalue weighted by atomic mass is 9.95. The van der Waals surface area contributed by atoms with Crippen LogP contribution in [0.5, 0.6) is 0 Å². The molecule has 2 heterocycles. The van der Waals surface area contributed by atoms with Crippen molar-refractivity contribution in [3.63, 3.8) is 0 Å². The number of anilines is 1. The van der Waals surface area contributed by atoms with Gasteiger partial charge >= 0.3 is 0 Å². The molecule has 1 fully saturated rings. The lowest BCUT2D eigenvalue weighted by molar-refractivity contribution is -0.127. The van der Waals surface area contributed by atoms with Crippen LogP contribution in [0.1, 0.15) is 39.2 Å². The number of hydrogen-bond donors (Lipinski definition) is 2. The van der Waals surface area contributed by atoms with E-state index in [1.807, 2.05) is 0 Å². The fraction of sp³-hybridized carbons (Fsp3) is 0.238. The van der Waals surface area contributed by atoms with E-state index < -0.39 is 29.5 Å². The Morgan fingerprint density at radius 2 is 1.84 bits per heavy atom. The number of benzene rings is 1. The number of halogens is 2. The van der Waals surface area contributed by atoms with E-state index in [2.05, 4.69) is 5.32 Å². The number of thioether (sulfide) groups is 1. The summed E-state index contributed by atoms with van der Waals surface area (Å²) in [7, 11) is 0. The summed E-state index contributed by atoms with van der Waals surface area (Å²) in [5.41, 5.74) is 7.17. The van der Waals surface area contributed by atoms with Crippen molar-refractivity contribution in [2.24, 2.45) is 5.73 Å². The van der Waals surface area contributed by atoms with Crippen LogP contribution in [-0.4, -0.2) is 34.4 Å². The Labute approximate surface area is 201 Å². The molecule has 0 saturated carbocycles. The van der Waals surface area contributed by atoms with Gasteiger partial charge in [0.05, 0.1) is 10.5 Å². The number of thiophene rings is 1. The van der Waals surface area contributed by atoms with Crippen molar-refractivity contribution in [2.45, 2.75) is 25.7 Å². The van der Waals surface area contributed by atoms with Crippen molar-refractivity contribution in [1.29, 1.82) is 0 Å². The molecule has 4 rings (SSSR count). The number of fused-ring (bicyclic) bond motifs is 1. The van der Waals surface area contributed by atoms with Gasteiger partial charge in [0.15, 0.2) is 0 Å². The first-order chi connectivity index (χ1) is 15.3. The average Bonchev–Trinajstić information content (AvgIpc) is 3.22. The molecule has 1 aromatic carbocycles. The molecule has 1 aromatic heterocycles. The average molecular weight is 510 g/mol. The predicted octanol–water partition coefficient (Wildman–Crippen LogP) is 4.71. The van der Waals surface area contributed by atoms with Crippen molar-refractivity contribution < 1.29 is 19.2 Å². The van der Waals surface area contributed by atoms with Gasteiger partial charge in [-0.15, -0.1) is 11.3 Å². The fourth-order valence-corrected chi connectivity index (χ4v) is 6.28. The highest BCUT2D eigenvalue weighted by atomic mass is 35.5. The number of hydrogen-bond acceptors (Lipinski definition) is 6. The third-order valence-electron chi connectivity index (χ3n) is 5.12. The zero-order chi connectivity index (χ0) is 23.0. The Kier molecular flexibility index (Phi) is 6.62. The molecule has 1 saturated heterocycles. The highest BCUT2D eigenvalue weighted by molar-refractivity contribution is 8.18. The van der Waals surface area contributed by atoms with E-state index in [1.54, 1.807) is 18.2 Å². The number of imide groups is 1. The van der Waals surface area contributed by atoms with Gasteiger partial charge < -0.3 is 11.1 Å². The highest BCUT2D eigenvalue weighted by Crippen LogP contribution is 2.38. The second-order valence-electron chi connectivity index (χ2n) is 7.23. The molecular weight excluding hydrogens is 493 g/mol. The molecule has 2 aliphatic rings. The fourth-order valence-electron chi connectivity index (χ4n) is 3.64. The van der Waals surface area contributed by atoms with Crippen LogP contribution in [0.25, 0.3) is 6.08 Å². The third-order valence-corrected chi connectivity index (χ3v) is 7.89. The van der Waals surface area contributed by atoms with Crippen molar-refractivity contribution in [3.8, 4) is 0 Å². The SMILES string of the molecule is NC(=O)c1c(NC(=O)CN2C(=O)S/C(=C\c3c(Cl)cccc3Cl)C2=O)sc2c1CCCC2. The van der Waals surface area contributed by atoms with Crippen molar-refractivity contribution in [1.82, 2.24) is 4.90 Å². The highest BCUT2D eigenvalue weighted by Gasteiger charge is 2.37. The Balaban J connectivity index is 1.52. The number of nitrogens with one attached hydrogen (secondary N) is 1. The molecular formula is C21H17Cl2N3O4S2. The van der Waals surface area contributed by atoms with Crippen LogP contribution in [0.15, 0.2) is 23.1 Å². The number of carbonyl (C=O) groups excluding carboxylic acids is 4. The van der Waals surface area contributed by atoms with E-state index in [0.29, 0.717) is 37.9 Å².